The van der Waals surface area contributed by atoms with Gasteiger partial charge in [0.2, 0.25) is 5.91 Å². The zero-order valence-corrected chi connectivity index (χ0v) is 10.5. The Morgan fingerprint density at radius 3 is 2.45 bits per heavy atom. The molecule has 0 heterocycles. The van der Waals surface area contributed by atoms with Gasteiger partial charge in [-0.05, 0) is 24.6 Å². The smallest absolute Gasteiger partial charge is 0.398 e. The van der Waals surface area contributed by atoms with Crippen molar-refractivity contribution in [2.24, 2.45) is 5.73 Å². The summed E-state index contributed by atoms with van der Waals surface area (Å²) in [6.07, 6.45) is -4.16. The number of alkyl halides is 3. The van der Waals surface area contributed by atoms with Gasteiger partial charge in [-0.25, -0.2) is 0 Å². The van der Waals surface area contributed by atoms with Gasteiger partial charge in [0.25, 0.3) is 5.91 Å². The van der Waals surface area contributed by atoms with Crippen LogP contribution in [0.2, 0.25) is 0 Å². The second-order valence-electron chi connectivity index (χ2n) is 4.13. The fourth-order valence-electron chi connectivity index (χ4n) is 1.49. The minimum absolute atomic E-state index is 0.0506. The van der Waals surface area contributed by atoms with Crippen molar-refractivity contribution >= 4 is 17.5 Å². The second kappa shape index (κ2) is 6.27. The lowest BCUT2D eigenvalue weighted by molar-refractivity contribution is -0.137. The fraction of sp³-hybridized carbons (Fsp3) is 0.333. The predicted molar refractivity (Wildman–Crippen MR) is 66.6 cm³/mol. The van der Waals surface area contributed by atoms with Crippen molar-refractivity contribution < 1.29 is 22.8 Å². The van der Waals surface area contributed by atoms with Gasteiger partial charge in [-0.1, -0.05) is 0 Å². The first-order valence-corrected chi connectivity index (χ1v) is 5.75. The number of nitrogens with two attached hydrogens (primary N) is 2. The number of nitrogens with one attached hydrogen (secondary N) is 1. The average Bonchev–Trinajstić information content (AvgIpc) is 2.33. The van der Waals surface area contributed by atoms with Crippen molar-refractivity contribution in [3.63, 3.8) is 0 Å². The quantitative estimate of drug-likeness (QED) is 0.562. The maximum Gasteiger partial charge on any atom is 0.416 e. The molecular weight excluding hydrogens is 275 g/mol. The summed E-state index contributed by atoms with van der Waals surface area (Å²) in [7, 11) is 0. The molecule has 5 N–H and O–H groups in total. The zero-order chi connectivity index (χ0) is 15.3. The monoisotopic (exact) mass is 289 g/mol. The van der Waals surface area contributed by atoms with E-state index in [1.165, 1.54) is 0 Å². The molecule has 0 spiro atoms. The lowest BCUT2D eigenvalue weighted by Gasteiger charge is -2.11. The standard InChI is InChI=1S/C12H14F3N3O2/c13-12(14,15)7-3-4-9(16)8(6-7)11(20)18-5-1-2-10(17)19/h3-4,6H,1-2,5,16H2,(H2,17,19)(H,18,20). The molecule has 1 aromatic carbocycles. The highest BCUT2D eigenvalue weighted by molar-refractivity contribution is 5.99. The normalized spacial score (nSPS) is 11.2. The SMILES string of the molecule is NC(=O)CCCNC(=O)c1cc(C(F)(F)F)ccc1N. The lowest BCUT2D eigenvalue weighted by atomic mass is 10.1. The maximum atomic E-state index is 12.5. The van der Waals surface area contributed by atoms with Crippen molar-refractivity contribution in [1.82, 2.24) is 5.32 Å². The number of benzene rings is 1. The summed E-state index contributed by atoms with van der Waals surface area (Å²) in [6, 6.07) is 2.53. The number of halogens is 3. The van der Waals surface area contributed by atoms with Crippen molar-refractivity contribution in [2.75, 3.05) is 12.3 Å². The summed E-state index contributed by atoms with van der Waals surface area (Å²) in [5, 5.41) is 2.38. The number of hydrogen-bond donors (Lipinski definition) is 3. The number of rotatable bonds is 5. The first-order valence-electron chi connectivity index (χ1n) is 5.75. The van der Waals surface area contributed by atoms with Crippen LogP contribution in [0.25, 0.3) is 0 Å². The molecular formula is C12H14F3N3O2. The van der Waals surface area contributed by atoms with Crippen molar-refractivity contribution in [1.29, 1.82) is 0 Å². The molecule has 0 saturated carbocycles. The summed E-state index contributed by atoms with van der Waals surface area (Å²) in [6.45, 7) is 0.122. The number of carbonyl (C=O) groups is 2. The minimum Gasteiger partial charge on any atom is -0.398 e. The molecule has 0 saturated heterocycles. The highest BCUT2D eigenvalue weighted by Crippen LogP contribution is 2.31. The summed E-state index contributed by atoms with van der Waals surface area (Å²) >= 11 is 0. The Morgan fingerprint density at radius 1 is 1.25 bits per heavy atom. The first kappa shape index (κ1) is 15.8. The average molecular weight is 289 g/mol. The molecule has 1 aromatic rings. The van der Waals surface area contributed by atoms with Gasteiger partial charge in [0, 0.05) is 18.7 Å². The van der Waals surface area contributed by atoms with E-state index in [1.807, 2.05) is 0 Å². The number of anilines is 1. The van der Waals surface area contributed by atoms with E-state index in [9.17, 15) is 22.8 Å². The maximum absolute atomic E-state index is 12.5. The van der Waals surface area contributed by atoms with Crippen LogP contribution in [0.4, 0.5) is 18.9 Å². The summed E-state index contributed by atoms with van der Waals surface area (Å²) < 4.78 is 37.6. The number of primary amides is 1. The van der Waals surface area contributed by atoms with Gasteiger partial charge in [0.15, 0.2) is 0 Å². The van der Waals surface area contributed by atoms with Crippen LogP contribution in [0.1, 0.15) is 28.8 Å². The van der Waals surface area contributed by atoms with E-state index < -0.39 is 23.6 Å². The van der Waals surface area contributed by atoms with Crippen LogP contribution >= 0.6 is 0 Å². The molecule has 0 aromatic heterocycles. The number of hydrogen-bond acceptors (Lipinski definition) is 3. The van der Waals surface area contributed by atoms with Crippen LogP contribution < -0.4 is 16.8 Å². The van der Waals surface area contributed by atoms with Crippen LogP contribution in [0.15, 0.2) is 18.2 Å². The summed E-state index contributed by atoms with van der Waals surface area (Å²) in [4.78, 5) is 22.2. The Morgan fingerprint density at radius 2 is 1.90 bits per heavy atom. The second-order valence-corrected chi connectivity index (χ2v) is 4.13. The van der Waals surface area contributed by atoms with Gasteiger partial charge < -0.3 is 16.8 Å². The van der Waals surface area contributed by atoms with Gasteiger partial charge in [0.1, 0.15) is 0 Å². The molecule has 8 heteroatoms. The molecule has 0 aliphatic heterocycles. The molecule has 1 rings (SSSR count). The van der Waals surface area contributed by atoms with E-state index in [0.717, 1.165) is 12.1 Å². The van der Waals surface area contributed by atoms with Crippen LogP contribution in [-0.4, -0.2) is 18.4 Å². The molecule has 0 aliphatic carbocycles. The van der Waals surface area contributed by atoms with E-state index in [1.54, 1.807) is 0 Å². The molecule has 5 nitrogen and oxygen atoms in total. The van der Waals surface area contributed by atoms with Crippen LogP contribution in [-0.2, 0) is 11.0 Å². The number of amides is 2. The van der Waals surface area contributed by atoms with Gasteiger partial charge in [-0.3, -0.25) is 9.59 Å². The molecule has 2 amide bonds. The molecule has 0 aliphatic rings. The highest BCUT2D eigenvalue weighted by Gasteiger charge is 2.31. The molecule has 110 valence electrons. The first-order chi connectivity index (χ1) is 9.21. The van der Waals surface area contributed by atoms with Gasteiger partial charge in [-0.2, -0.15) is 13.2 Å². The Balaban J connectivity index is 2.74. The third kappa shape index (κ3) is 4.45. The van der Waals surface area contributed by atoms with Crippen molar-refractivity contribution in [2.45, 2.75) is 19.0 Å². The van der Waals surface area contributed by atoms with Crippen LogP contribution in [0.3, 0.4) is 0 Å². The van der Waals surface area contributed by atoms with Crippen molar-refractivity contribution in [3.8, 4) is 0 Å². The molecule has 0 fully saturated rings. The summed E-state index contributed by atoms with van der Waals surface area (Å²) in [5.74, 6) is -1.24. The third-order valence-corrected chi connectivity index (χ3v) is 2.51. The lowest BCUT2D eigenvalue weighted by Crippen LogP contribution is -2.26. The van der Waals surface area contributed by atoms with Crippen molar-refractivity contribution in [3.05, 3.63) is 29.3 Å². The topological polar surface area (TPSA) is 98.2 Å². The minimum atomic E-state index is -4.55. The van der Waals surface area contributed by atoms with E-state index >= 15 is 0 Å². The molecule has 0 radical (unpaired) electrons. The highest BCUT2D eigenvalue weighted by atomic mass is 19.4. The Kier molecular flexibility index (Phi) is 4.95. The van der Waals surface area contributed by atoms with Crippen LogP contribution in [0, 0.1) is 0 Å². The molecule has 0 bridgehead atoms. The van der Waals surface area contributed by atoms with E-state index in [2.05, 4.69) is 5.32 Å². The third-order valence-electron chi connectivity index (χ3n) is 2.51. The van der Waals surface area contributed by atoms with Gasteiger partial charge in [0.05, 0.1) is 11.1 Å². The van der Waals surface area contributed by atoms with E-state index in [4.69, 9.17) is 11.5 Å². The van der Waals surface area contributed by atoms with E-state index in [-0.39, 0.29) is 24.2 Å². The van der Waals surface area contributed by atoms with E-state index in [0.29, 0.717) is 12.5 Å². The zero-order valence-electron chi connectivity index (χ0n) is 10.5. The Bertz CT molecular complexity index is 515. The summed E-state index contributed by atoms with van der Waals surface area (Å²) in [5.41, 5.74) is 9.15. The fourth-order valence-corrected chi connectivity index (χ4v) is 1.49. The number of carbonyl (C=O) groups excluding carboxylic acids is 2. The van der Waals surface area contributed by atoms with Crippen LogP contribution in [0.5, 0.6) is 0 Å². The largest absolute Gasteiger partial charge is 0.416 e. The predicted octanol–water partition coefficient (Wildman–Crippen LogP) is 1.28. The molecule has 0 unspecified atom stereocenters. The number of nitrogen functional groups attached to an aromatic ring is 1. The molecule has 0 atom stereocenters. The van der Waals surface area contributed by atoms with Gasteiger partial charge >= 0.3 is 6.18 Å². The van der Waals surface area contributed by atoms with Gasteiger partial charge in [-0.15, -0.1) is 0 Å². The Labute approximate surface area is 113 Å². The Hall–Kier alpha value is -2.25. The molecule has 20 heavy (non-hydrogen) atoms.